The van der Waals surface area contributed by atoms with Gasteiger partial charge in [0.1, 0.15) is 11.1 Å². The molecule has 6 heteroatoms. The van der Waals surface area contributed by atoms with E-state index in [9.17, 15) is 0 Å². The van der Waals surface area contributed by atoms with E-state index in [4.69, 9.17) is 16.1 Å². The van der Waals surface area contributed by atoms with E-state index in [0.717, 1.165) is 21.7 Å². The van der Waals surface area contributed by atoms with Gasteiger partial charge in [0.2, 0.25) is 5.95 Å². The number of para-hydroxylation sites is 1. The summed E-state index contributed by atoms with van der Waals surface area (Å²) in [6.07, 6.45) is 0. The number of fused-ring (bicyclic) bond motifs is 2. The maximum absolute atomic E-state index is 8.24. The van der Waals surface area contributed by atoms with Crippen LogP contribution in [0.1, 0.15) is 0 Å². The third-order valence-corrected chi connectivity index (χ3v) is 4.38. The van der Waals surface area contributed by atoms with E-state index in [-0.39, 0.29) is 5.49 Å². The SMILES string of the molecule is N=c1cccc2nc(-c3ccccc3N)nc(N=c3c4ccccc34)n12. The lowest BCUT2D eigenvalue weighted by atomic mass is 10.2. The van der Waals surface area contributed by atoms with Gasteiger partial charge in [0, 0.05) is 22.0 Å². The molecular formula is C20H14N6. The van der Waals surface area contributed by atoms with Crippen LogP contribution in [0.3, 0.4) is 0 Å². The van der Waals surface area contributed by atoms with Crippen LogP contribution in [-0.4, -0.2) is 14.4 Å². The van der Waals surface area contributed by atoms with E-state index in [2.05, 4.69) is 9.97 Å². The summed E-state index contributed by atoms with van der Waals surface area (Å²) >= 11 is 0. The molecule has 2 aromatic heterocycles. The van der Waals surface area contributed by atoms with Gasteiger partial charge in [-0.3, -0.25) is 5.41 Å². The quantitative estimate of drug-likeness (QED) is 0.485. The number of aromatic nitrogens is 3. The molecule has 0 aliphatic heterocycles. The first-order valence-electron chi connectivity index (χ1n) is 8.20. The number of hydrogen-bond acceptors (Lipinski definition) is 5. The van der Waals surface area contributed by atoms with Gasteiger partial charge in [-0.15, -0.1) is 0 Å². The van der Waals surface area contributed by atoms with Gasteiger partial charge in [-0.25, -0.2) is 14.4 Å². The van der Waals surface area contributed by atoms with Crippen LogP contribution >= 0.6 is 0 Å². The van der Waals surface area contributed by atoms with Crippen molar-refractivity contribution in [3.63, 3.8) is 0 Å². The number of benzene rings is 2. The molecular weight excluding hydrogens is 324 g/mol. The highest BCUT2D eigenvalue weighted by Gasteiger charge is 2.13. The zero-order chi connectivity index (χ0) is 17.7. The molecule has 0 aliphatic rings. The number of hydrogen-bond donors (Lipinski definition) is 2. The Morgan fingerprint density at radius 2 is 1.58 bits per heavy atom. The second-order valence-corrected chi connectivity index (χ2v) is 6.05. The maximum atomic E-state index is 8.24. The maximum Gasteiger partial charge on any atom is 0.239 e. The van der Waals surface area contributed by atoms with E-state index in [1.54, 1.807) is 16.5 Å². The summed E-state index contributed by atoms with van der Waals surface area (Å²) in [5, 5.41) is 11.4. The molecule has 5 aromatic rings. The lowest BCUT2D eigenvalue weighted by molar-refractivity contribution is 0.923. The number of nitrogen functional groups attached to an aromatic ring is 1. The fourth-order valence-electron chi connectivity index (χ4n) is 3.04. The number of rotatable bonds is 2. The molecule has 2 heterocycles. The van der Waals surface area contributed by atoms with Gasteiger partial charge >= 0.3 is 0 Å². The van der Waals surface area contributed by atoms with Crippen LogP contribution < -0.4 is 16.6 Å². The largest absolute Gasteiger partial charge is 0.398 e. The number of anilines is 1. The smallest absolute Gasteiger partial charge is 0.239 e. The molecule has 6 nitrogen and oxygen atoms in total. The molecule has 0 radical (unpaired) electrons. The van der Waals surface area contributed by atoms with Gasteiger partial charge in [-0.05, 0) is 24.3 Å². The zero-order valence-electron chi connectivity index (χ0n) is 13.7. The fraction of sp³-hybridized carbons (Fsp3) is 0. The van der Waals surface area contributed by atoms with Crippen LogP contribution in [0.2, 0.25) is 0 Å². The van der Waals surface area contributed by atoms with Crippen molar-refractivity contribution in [1.82, 2.24) is 14.4 Å². The molecule has 0 fully saturated rings. The Morgan fingerprint density at radius 1 is 0.846 bits per heavy atom. The fourth-order valence-corrected chi connectivity index (χ4v) is 3.04. The molecule has 3 aromatic carbocycles. The Kier molecular flexibility index (Phi) is 2.99. The van der Waals surface area contributed by atoms with Crippen molar-refractivity contribution in [3.8, 4) is 11.4 Å². The number of pyridine rings is 1. The highest BCUT2D eigenvalue weighted by molar-refractivity contribution is 5.97. The first-order chi connectivity index (χ1) is 12.7. The number of nitrogens with two attached hydrogens (primary N) is 1. The standard InChI is InChI=1S/C20H14N6/c21-15-9-4-3-8-14(15)19-23-17-11-5-10-16(22)26(17)20(25-19)24-18-12-6-1-2-7-13(12)18/h1-11,22H,21H2. The lowest BCUT2D eigenvalue weighted by Gasteiger charge is -2.08. The lowest BCUT2D eigenvalue weighted by Crippen LogP contribution is -2.15. The Balaban J connectivity index is 1.84. The number of nitrogens with one attached hydrogen (secondary N) is 1. The van der Waals surface area contributed by atoms with E-state index in [0.29, 0.717) is 23.1 Å². The Labute approximate surface area is 148 Å². The molecule has 3 N–H and O–H groups in total. The van der Waals surface area contributed by atoms with E-state index in [1.807, 2.05) is 54.6 Å². The molecule has 5 rings (SSSR count). The van der Waals surface area contributed by atoms with Crippen molar-refractivity contribution in [2.24, 2.45) is 4.99 Å². The van der Waals surface area contributed by atoms with Gasteiger partial charge < -0.3 is 5.73 Å². The first-order valence-corrected chi connectivity index (χ1v) is 8.20. The van der Waals surface area contributed by atoms with Gasteiger partial charge in [0.15, 0.2) is 5.82 Å². The van der Waals surface area contributed by atoms with Crippen LogP contribution in [-0.2, 0) is 0 Å². The molecule has 0 unspecified atom stereocenters. The minimum Gasteiger partial charge on any atom is -0.398 e. The van der Waals surface area contributed by atoms with E-state index < -0.39 is 0 Å². The Bertz CT molecular complexity index is 1340. The Morgan fingerprint density at radius 3 is 2.35 bits per heavy atom. The molecule has 124 valence electrons. The molecule has 0 atom stereocenters. The van der Waals surface area contributed by atoms with Gasteiger partial charge in [0.05, 0.1) is 5.36 Å². The number of nitrogens with zero attached hydrogens (tertiary/aromatic N) is 4. The monoisotopic (exact) mass is 338 g/mol. The van der Waals surface area contributed by atoms with E-state index >= 15 is 0 Å². The highest BCUT2D eigenvalue weighted by Crippen LogP contribution is 2.25. The third kappa shape index (κ3) is 2.20. The topological polar surface area (TPSA) is 92.4 Å². The van der Waals surface area contributed by atoms with Crippen LogP contribution in [0.5, 0.6) is 0 Å². The average molecular weight is 338 g/mol. The van der Waals surface area contributed by atoms with E-state index in [1.165, 1.54) is 0 Å². The molecule has 0 amide bonds. The van der Waals surface area contributed by atoms with Crippen molar-refractivity contribution in [1.29, 1.82) is 5.41 Å². The third-order valence-electron chi connectivity index (χ3n) is 4.38. The summed E-state index contributed by atoms with van der Waals surface area (Å²) in [4.78, 5) is 13.9. The normalized spacial score (nSPS) is 11.4. The molecule has 0 aliphatic carbocycles. The Hall–Kier alpha value is -3.80. The first kappa shape index (κ1) is 14.5. The second-order valence-electron chi connectivity index (χ2n) is 6.05. The summed E-state index contributed by atoms with van der Waals surface area (Å²) in [5.41, 5.74) is 8.34. The molecule has 26 heavy (non-hydrogen) atoms. The predicted molar refractivity (Wildman–Crippen MR) is 100 cm³/mol. The van der Waals surface area contributed by atoms with Gasteiger partial charge in [-0.1, -0.05) is 42.5 Å². The van der Waals surface area contributed by atoms with Crippen molar-refractivity contribution < 1.29 is 0 Å². The minimum atomic E-state index is 0.277. The van der Waals surface area contributed by atoms with Crippen LogP contribution in [0, 0.1) is 5.41 Å². The van der Waals surface area contributed by atoms with Crippen LogP contribution in [0.4, 0.5) is 11.6 Å². The molecule has 0 saturated heterocycles. The summed E-state index contributed by atoms with van der Waals surface area (Å²) in [6, 6.07) is 20.8. The van der Waals surface area contributed by atoms with Crippen molar-refractivity contribution >= 4 is 28.1 Å². The second kappa shape index (κ2) is 5.35. The summed E-state index contributed by atoms with van der Waals surface area (Å²) in [5.74, 6) is 0.919. The molecule has 0 spiro atoms. The van der Waals surface area contributed by atoms with Crippen LogP contribution in [0.25, 0.3) is 27.8 Å². The summed E-state index contributed by atoms with van der Waals surface area (Å²) in [7, 11) is 0. The zero-order valence-corrected chi connectivity index (χ0v) is 13.7. The van der Waals surface area contributed by atoms with Crippen molar-refractivity contribution in [2.45, 2.75) is 0 Å². The summed E-state index contributed by atoms with van der Waals surface area (Å²) in [6.45, 7) is 0. The minimum absolute atomic E-state index is 0.277. The highest BCUT2D eigenvalue weighted by atomic mass is 15.2. The van der Waals surface area contributed by atoms with Crippen molar-refractivity contribution in [2.75, 3.05) is 5.73 Å². The average Bonchev–Trinajstić information content (AvgIpc) is 3.35. The van der Waals surface area contributed by atoms with Gasteiger partial charge in [-0.2, -0.15) is 4.98 Å². The van der Waals surface area contributed by atoms with Gasteiger partial charge in [0.25, 0.3) is 0 Å². The summed E-state index contributed by atoms with van der Waals surface area (Å²) < 4.78 is 1.63. The van der Waals surface area contributed by atoms with Crippen LogP contribution in [0.15, 0.2) is 71.7 Å². The molecule has 0 saturated carbocycles. The molecule has 0 bridgehead atoms. The van der Waals surface area contributed by atoms with Crippen molar-refractivity contribution in [3.05, 3.63) is 77.6 Å². The predicted octanol–water partition coefficient (Wildman–Crippen LogP) is 2.72.